The third-order valence-corrected chi connectivity index (χ3v) is 12.6. The van der Waals surface area contributed by atoms with Gasteiger partial charge in [0.1, 0.15) is 11.2 Å². The molecule has 0 unspecified atom stereocenters. The third kappa shape index (κ3) is 7.06. The lowest BCUT2D eigenvalue weighted by atomic mass is 9.94. The molecule has 0 saturated carbocycles. The van der Waals surface area contributed by atoms with E-state index in [2.05, 4.69) is 252 Å². The van der Waals surface area contributed by atoms with Crippen LogP contribution >= 0.6 is 0 Å². The van der Waals surface area contributed by atoms with Crippen molar-refractivity contribution in [2.24, 2.45) is 0 Å². The maximum atomic E-state index is 6.40. The van der Waals surface area contributed by atoms with E-state index >= 15 is 0 Å². The highest BCUT2D eigenvalue weighted by Crippen LogP contribution is 2.45. The van der Waals surface area contributed by atoms with E-state index in [0.29, 0.717) is 0 Å². The molecular formula is C62H42N2O. The van der Waals surface area contributed by atoms with Crippen LogP contribution < -0.4 is 9.80 Å². The van der Waals surface area contributed by atoms with E-state index < -0.39 is 0 Å². The van der Waals surface area contributed by atoms with Crippen LogP contribution in [-0.2, 0) is 0 Å². The Bertz CT molecular complexity index is 3650. The van der Waals surface area contributed by atoms with Gasteiger partial charge in [-0.2, -0.15) is 0 Å². The summed E-state index contributed by atoms with van der Waals surface area (Å²) in [4.78, 5) is 4.70. The predicted molar refractivity (Wildman–Crippen MR) is 274 cm³/mol. The number of rotatable bonds is 9. The molecule has 11 aromatic carbocycles. The molecule has 12 rings (SSSR count). The lowest BCUT2D eigenvalue weighted by molar-refractivity contribution is 0.669. The Balaban J connectivity index is 0.952. The fourth-order valence-electron chi connectivity index (χ4n) is 9.47. The lowest BCUT2D eigenvalue weighted by Crippen LogP contribution is -2.13. The van der Waals surface area contributed by atoms with Gasteiger partial charge in [-0.05, 0) is 140 Å². The predicted octanol–water partition coefficient (Wildman–Crippen LogP) is 17.8. The van der Waals surface area contributed by atoms with Gasteiger partial charge in [0.15, 0.2) is 0 Å². The molecule has 0 saturated heterocycles. The minimum Gasteiger partial charge on any atom is -0.456 e. The second kappa shape index (κ2) is 16.2. The highest BCUT2D eigenvalue weighted by molar-refractivity contribution is 6.13. The summed E-state index contributed by atoms with van der Waals surface area (Å²) in [7, 11) is 0. The molecule has 65 heavy (non-hydrogen) atoms. The summed E-state index contributed by atoms with van der Waals surface area (Å²) in [6.45, 7) is 0. The Morgan fingerprint density at radius 2 is 0.785 bits per heavy atom. The number of benzene rings is 11. The van der Waals surface area contributed by atoms with Crippen LogP contribution in [0.4, 0.5) is 34.1 Å². The largest absolute Gasteiger partial charge is 0.456 e. The highest BCUT2D eigenvalue weighted by atomic mass is 16.3. The van der Waals surface area contributed by atoms with Crippen LogP contribution in [0.5, 0.6) is 0 Å². The molecule has 0 aliphatic heterocycles. The summed E-state index contributed by atoms with van der Waals surface area (Å²) in [6, 6.07) is 91.4. The molecule has 0 bridgehead atoms. The molecule has 0 aliphatic carbocycles. The Labute approximate surface area is 378 Å². The van der Waals surface area contributed by atoms with E-state index in [1.54, 1.807) is 0 Å². The van der Waals surface area contributed by atoms with E-state index in [0.717, 1.165) is 61.6 Å². The van der Waals surface area contributed by atoms with E-state index in [1.165, 1.54) is 49.4 Å². The summed E-state index contributed by atoms with van der Waals surface area (Å²) < 4.78 is 6.40. The summed E-state index contributed by atoms with van der Waals surface area (Å²) in [5.41, 5.74) is 15.2. The molecule has 0 fully saturated rings. The highest BCUT2D eigenvalue weighted by Gasteiger charge is 2.21. The Kier molecular flexibility index (Phi) is 9.50. The van der Waals surface area contributed by atoms with Crippen molar-refractivity contribution in [3.63, 3.8) is 0 Å². The number of fused-ring (bicyclic) bond motifs is 5. The second-order valence-corrected chi connectivity index (χ2v) is 16.5. The number of hydrogen-bond donors (Lipinski definition) is 0. The average Bonchev–Trinajstić information content (AvgIpc) is 3.77. The van der Waals surface area contributed by atoms with Crippen molar-refractivity contribution in [1.82, 2.24) is 0 Å². The maximum Gasteiger partial charge on any atom is 0.137 e. The molecule has 1 aromatic heterocycles. The minimum atomic E-state index is 0.859. The van der Waals surface area contributed by atoms with Crippen molar-refractivity contribution < 1.29 is 4.42 Å². The zero-order valence-corrected chi connectivity index (χ0v) is 35.6. The van der Waals surface area contributed by atoms with Gasteiger partial charge in [0.25, 0.3) is 0 Å². The number of furan rings is 1. The van der Waals surface area contributed by atoms with Crippen LogP contribution in [0.1, 0.15) is 0 Å². The monoisotopic (exact) mass is 830 g/mol. The standard InChI is InChI=1S/C62H42N2O/c1-3-14-43(15-4-1)45-30-35-52(36-31-45)63(53-37-32-46(33-38-53)48-34-39-57-49(41-48)18-11-24-56(57)50-29-28-44-16-7-8-17-47(44)40-50)54-21-12-22-55(42-54)64(51-19-5-2-6-20-51)59-25-13-27-61-62(59)58-23-9-10-26-60(58)65-61/h1-42H. The lowest BCUT2D eigenvalue weighted by Gasteiger charge is -2.30. The van der Waals surface area contributed by atoms with Crippen LogP contribution in [0.2, 0.25) is 0 Å². The van der Waals surface area contributed by atoms with Crippen molar-refractivity contribution in [3.8, 4) is 33.4 Å². The molecule has 1 heterocycles. The molecule has 0 aliphatic rings. The van der Waals surface area contributed by atoms with Crippen LogP contribution in [0.25, 0.3) is 76.9 Å². The molecule has 0 amide bonds. The minimum absolute atomic E-state index is 0.859. The fraction of sp³-hybridized carbons (Fsp3) is 0. The second-order valence-electron chi connectivity index (χ2n) is 16.5. The van der Waals surface area contributed by atoms with E-state index in [9.17, 15) is 0 Å². The van der Waals surface area contributed by atoms with Crippen molar-refractivity contribution >= 4 is 77.6 Å². The van der Waals surface area contributed by atoms with Gasteiger partial charge in [-0.15, -0.1) is 0 Å². The smallest absolute Gasteiger partial charge is 0.137 e. The zero-order valence-electron chi connectivity index (χ0n) is 35.6. The molecule has 0 radical (unpaired) electrons. The molecule has 3 heteroatoms. The van der Waals surface area contributed by atoms with Gasteiger partial charge in [0.05, 0.1) is 11.1 Å². The molecule has 12 aromatic rings. The van der Waals surface area contributed by atoms with Crippen LogP contribution in [-0.4, -0.2) is 0 Å². The molecule has 306 valence electrons. The molecule has 3 nitrogen and oxygen atoms in total. The topological polar surface area (TPSA) is 19.6 Å². The molecule has 0 N–H and O–H groups in total. The van der Waals surface area contributed by atoms with Crippen LogP contribution in [0.15, 0.2) is 259 Å². The summed E-state index contributed by atoms with van der Waals surface area (Å²) in [5.74, 6) is 0. The van der Waals surface area contributed by atoms with Gasteiger partial charge in [-0.3, -0.25) is 0 Å². The van der Waals surface area contributed by atoms with E-state index in [1.807, 2.05) is 12.1 Å². The molecule has 0 spiro atoms. The van der Waals surface area contributed by atoms with Crippen molar-refractivity contribution in [3.05, 3.63) is 255 Å². The van der Waals surface area contributed by atoms with Gasteiger partial charge in [-0.1, -0.05) is 170 Å². The Morgan fingerprint density at radius 3 is 1.57 bits per heavy atom. The van der Waals surface area contributed by atoms with Gasteiger partial charge in [0, 0.05) is 33.8 Å². The van der Waals surface area contributed by atoms with Crippen LogP contribution in [0.3, 0.4) is 0 Å². The first-order chi connectivity index (χ1) is 32.2. The first-order valence-corrected chi connectivity index (χ1v) is 22.2. The number of anilines is 6. The summed E-state index contributed by atoms with van der Waals surface area (Å²) in [6.07, 6.45) is 0. The fourth-order valence-corrected chi connectivity index (χ4v) is 9.47. The van der Waals surface area contributed by atoms with Crippen LogP contribution in [0, 0.1) is 0 Å². The number of hydrogen-bond acceptors (Lipinski definition) is 3. The van der Waals surface area contributed by atoms with E-state index in [4.69, 9.17) is 4.42 Å². The third-order valence-electron chi connectivity index (χ3n) is 12.6. The first kappa shape index (κ1) is 38.0. The number of nitrogens with zero attached hydrogens (tertiary/aromatic N) is 2. The van der Waals surface area contributed by atoms with Gasteiger partial charge in [-0.25, -0.2) is 0 Å². The zero-order chi connectivity index (χ0) is 43.1. The molecular weight excluding hydrogens is 789 g/mol. The SMILES string of the molecule is c1ccc(-c2ccc(N(c3ccc(-c4ccc5c(-c6ccc7ccccc7c6)cccc5c4)cc3)c3cccc(N(c4ccccc4)c4cccc5oc6ccccc6c45)c3)cc2)cc1. The maximum absolute atomic E-state index is 6.40. The van der Waals surface area contributed by atoms with Gasteiger partial charge >= 0.3 is 0 Å². The summed E-state index contributed by atoms with van der Waals surface area (Å²) in [5, 5.41) is 7.14. The molecule has 0 atom stereocenters. The van der Waals surface area contributed by atoms with Crippen molar-refractivity contribution in [1.29, 1.82) is 0 Å². The quantitative estimate of drug-likeness (QED) is 0.144. The van der Waals surface area contributed by atoms with Gasteiger partial charge < -0.3 is 14.2 Å². The number of para-hydroxylation sites is 2. The Hall–Kier alpha value is -8.66. The van der Waals surface area contributed by atoms with Crippen molar-refractivity contribution in [2.75, 3.05) is 9.80 Å². The van der Waals surface area contributed by atoms with E-state index in [-0.39, 0.29) is 0 Å². The summed E-state index contributed by atoms with van der Waals surface area (Å²) >= 11 is 0. The average molecular weight is 831 g/mol. The van der Waals surface area contributed by atoms with Gasteiger partial charge in [0.2, 0.25) is 0 Å². The first-order valence-electron chi connectivity index (χ1n) is 22.2. The Morgan fingerprint density at radius 1 is 0.262 bits per heavy atom. The normalized spacial score (nSPS) is 11.4. The van der Waals surface area contributed by atoms with Crippen molar-refractivity contribution in [2.45, 2.75) is 0 Å².